The van der Waals surface area contributed by atoms with E-state index in [0.29, 0.717) is 0 Å². The smallest absolute Gasteiger partial charge is 0.310 e. The molecule has 0 heterocycles. The summed E-state index contributed by atoms with van der Waals surface area (Å²) in [6, 6.07) is 0. The number of rotatable bonds is 6. The number of aliphatic hydroxyl groups is 1. The lowest BCUT2D eigenvalue weighted by Crippen LogP contribution is -2.34. The first-order chi connectivity index (χ1) is 5.98. The van der Waals surface area contributed by atoms with Gasteiger partial charge in [-0.05, 0) is 12.8 Å². The molecule has 5 nitrogen and oxygen atoms in total. The first-order valence-electron chi connectivity index (χ1n) is 4.04. The van der Waals surface area contributed by atoms with Crippen LogP contribution >= 0.6 is 0 Å². The molecule has 0 spiro atoms. The molecule has 0 aliphatic heterocycles. The summed E-state index contributed by atoms with van der Waals surface area (Å²) in [4.78, 5) is 21.2. The molecule has 0 bridgehead atoms. The molecule has 0 amide bonds. The Morgan fingerprint density at radius 2 is 1.85 bits per heavy atom. The molecule has 13 heavy (non-hydrogen) atoms. The highest BCUT2D eigenvalue weighted by Gasteiger charge is 2.38. The third kappa shape index (κ3) is 3.02. The molecular formula is C8H14O5. The van der Waals surface area contributed by atoms with Crippen LogP contribution in [0.4, 0.5) is 0 Å². The van der Waals surface area contributed by atoms with Crippen LogP contribution in [0.3, 0.4) is 0 Å². The number of carboxylic acid groups (broad SMARTS) is 2. The monoisotopic (exact) mass is 190 g/mol. The zero-order valence-electron chi connectivity index (χ0n) is 7.49. The summed E-state index contributed by atoms with van der Waals surface area (Å²) in [5.74, 6) is -2.32. The fourth-order valence-electron chi connectivity index (χ4n) is 1.23. The summed E-state index contributed by atoms with van der Waals surface area (Å²) < 4.78 is 0. The van der Waals surface area contributed by atoms with E-state index in [1.165, 1.54) is 0 Å². The standard InChI is InChI=1S/C8H14O5/c1-2-8(3-4-9,7(12)13)5-6(10)11/h9H,2-5H2,1H3,(H,10,11)(H,12,13). The van der Waals surface area contributed by atoms with Gasteiger partial charge in [-0.2, -0.15) is 0 Å². The Morgan fingerprint density at radius 1 is 1.31 bits per heavy atom. The van der Waals surface area contributed by atoms with E-state index in [1.807, 2.05) is 0 Å². The van der Waals surface area contributed by atoms with Crippen molar-refractivity contribution in [3.63, 3.8) is 0 Å². The Kier molecular flexibility index (Phi) is 4.40. The highest BCUT2D eigenvalue weighted by molar-refractivity contribution is 5.81. The van der Waals surface area contributed by atoms with Crippen LogP contribution in [0.15, 0.2) is 0 Å². The fourth-order valence-corrected chi connectivity index (χ4v) is 1.23. The van der Waals surface area contributed by atoms with Crippen LogP contribution in [0, 0.1) is 5.41 Å². The molecule has 0 aliphatic rings. The van der Waals surface area contributed by atoms with Gasteiger partial charge in [0.05, 0.1) is 11.8 Å². The Hall–Kier alpha value is -1.10. The maximum Gasteiger partial charge on any atom is 0.310 e. The summed E-state index contributed by atoms with van der Waals surface area (Å²) in [6.07, 6.45) is -0.264. The number of aliphatic hydroxyl groups excluding tert-OH is 1. The molecule has 0 radical (unpaired) electrons. The van der Waals surface area contributed by atoms with Crippen LogP contribution in [-0.4, -0.2) is 33.9 Å². The molecule has 0 fully saturated rings. The molecule has 76 valence electrons. The molecule has 0 aromatic rings. The lowest BCUT2D eigenvalue weighted by Gasteiger charge is -2.24. The second kappa shape index (κ2) is 4.81. The van der Waals surface area contributed by atoms with Gasteiger partial charge in [-0.25, -0.2) is 0 Å². The van der Waals surface area contributed by atoms with Crippen molar-refractivity contribution in [1.29, 1.82) is 0 Å². The van der Waals surface area contributed by atoms with Crippen LogP contribution < -0.4 is 0 Å². The average Bonchev–Trinajstić information content (AvgIpc) is 2.02. The summed E-state index contributed by atoms with van der Waals surface area (Å²) >= 11 is 0. The second-order valence-corrected chi connectivity index (χ2v) is 2.98. The van der Waals surface area contributed by atoms with Gasteiger partial charge in [0.1, 0.15) is 0 Å². The summed E-state index contributed by atoms with van der Waals surface area (Å²) in [5.41, 5.74) is -1.32. The third-order valence-electron chi connectivity index (χ3n) is 2.21. The van der Waals surface area contributed by atoms with E-state index in [0.717, 1.165) is 0 Å². The SMILES string of the molecule is CCC(CCO)(CC(=O)O)C(=O)O. The van der Waals surface area contributed by atoms with Crippen LogP contribution in [0.2, 0.25) is 0 Å². The van der Waals surface area contributed by atoms with Crippen molar-refractivity contribution in [1.82, 2.24) is 0 Å². The van der Waals surface area contributed by atoms with E-state index in [4.69, 9.17) is 15.3 Å². The molecule has 1 unspecified atom stereocenters. The van der Waals surface area contributed by atoms with Gasteiger partial charge in [0.15, 0.2) is 0 Å². The summed E-state index contributed by atoms with van der Waals surface area (Å²) in [6.45, 7) is 1.29. The first-order valence-corrected chi connectivity index (χ1v) is 4.04. The van der Waals surface area contributed by atoms with Gasteiger partial charge in [0, 0.05) is 6.61 Å². The molecule has 0 aromatic carbocycles. The van der Waals surface area contributed by atoms with Gasteiger partial charge in [-0.3, -0.25) is 9.59 Å². The highest BCUT2D eigenvalue weighted by Crippen LogP contribution is 2.30. The van der Waals surface area contributed by atoms with Crippen molar-refractivity contribution in [3.8, 4) is 0 Å². The maximum atomic E-state index is 10.8. The van der Waals surface area contributed by atoms with Crippen LogP contribution in [-0.2, 0) is 9.59 Å². The Morgan fingerprint density at radius 3 is 2.08 bits per heavy atom. The van der Waals surface area contributed by atoms with Crippen molar-refractivity contribution >= 4 is 11.9 Å². The van der Waals surface area contributed by atoms with Gasteiger partial charge in [0.25, 0.3) is 0 Å². The molecule has 3 N–H and O–H groups in total. The Balaban J connectivity index is 4.64. The van der Waals surface area contributed by atoms with E-state index in [2.05, 4.69) is 0 Å². The molecule has 0 aliphatic carbocycles. The fraction of sp³-hybridized carbons (Fsp3) is 0.750. The number of carboxylic acids is 2. The van der Waals surface area contributed by atoms with E-state index >= 15 is 0 Å². The lowest BCUT2D eigenvalue weighted by atomic mass is 9.79. The highest BCUT2D eigenvalue weighted by atomic mass is 16.4. The number of hydrogen-bond acceptors (Lipinski definition) is 3. The van der Waals surface area contributed by atoms with Crippen LogP contribution in [0.25, 0.3) is 0 Å². The van der Waals surface area contributed by atoms with Crippen LogP contribution in [0.5, 0.6) is 0 Å². The molecule has 0 aromatic heterocycles. The van der Waals surface area contributed by atoms with Gasteiger partial charge in [-0.15, -0.1) is 0 Å². The van der Waals surface area contributed by atoms with Crippen molar-refractivity contribution in [2.75, 3.05) is 6.61 Å². The van der Waals surface area contributed by atoms with Crippen molar-refractivity contribution < 1.29 is 24.9 Å². The Labute approximate surface area is 76.0 Å². The maximum absolute atomic E-state index is 10.8. The van der Waals surface area contributed by atoms with Gasteiger partial charge in [0.2, 0.25) is 0 Å². The van der Waals surface area contributed by atoms with Gasteiger partial charge >= 0.3 is 11.9 Å². The molecule has 0 saturated heterocycles. The topological polar surface area (TPSA) is 94.8 Å². The van der Waals surface area contributed by atoms with E-state index in [1.54, 1.807) is 6.92 Å². The minimum Gasteiger partial charge on any atom is -0.481 e. The average molecular weight is 190 g/mol. The van der Waals surface area contributed by atoms with Crippen LogP contribution in [0.1, 0.15) is 26.2 Å². The summed E-state index contributed by atoms with van der Waals surface area (Å²) in [5, 5.41) is 26.0. The summed E-state index contributed by atoms with van der Waals surface area (Å²) in [7, 11) is 0. The number of carbonyl (C=O) groups is 2. The normalized spacial score (nSPS) is 14.9. The largest absolute Gasteiger partial charge is 0.481 e. The van der Waals surface area contributed by atoms with Crippen molar-refractivity contribution in [2.24, 2.45) is 5.41 Å². The zero-order valence-corrected chi connectivity index (χ0v) is 7.49. The molecule has 0 saturated carbocycles. The quantitative estimate of drug-likeness (QED) is 0.560. The first kappa shape index (κ1) is 11.9. The van der Waals surface area contributed by atoms with E-state index < -0.39 is 23.8 Å². The van der Waals surface area contributed by atoms with E-state index in [-0.39, 0.29) is 19.4 Å². The number of hydrogen-bond donors (Lipinski definition) is 3. The predicted molar refractivity (Wildman–Crippen MR) is 44.3 cm³/mol. The number of aliphatic carboxylic acids is 2. The molecular weight excluding hydrogens is 176 g/mol. The van der Waals surface area contributed by atoms with Crippen molar-refractivity contribution in [3.05, 3.63) is 0 Å². The van der Waals surface area contributed by atoms with Gasteiger partial charge in [-0.1, -0.05) is 6.92 Å². The minimum absolute atomic E-state index is 0.0227. The molecule has 0 rings (SSSR count). The minimum atomic E-state index is -1.32. The van der Waals surface area contributed by atoms with Gasteiger partial charge < -0.3 is 15.3 Å². The predicted octanol–water partition coefficient (Wildman–Crippen LogP) is 0.325. The lowest BCUT2D eigenvalue weighted by molar-refractivity contribution is -0.157. The third-order valence-corrected chi connectivity index (χ3v) is 2.21. The molecule has 5 heteroatoms. The van der Waals surface area contributed by atoms with Crippen molar-refractivity contribution in [2.45, 2.75) is 26.2 Å². The molecule has 1 atom stereocenters. The zero-order chi connectivity index (χ0) is 10.5. The second-order valence-electron chi connectivity index (χ2n) is 2.98. The Bertz CT molecular complexity index is 201. The van der Waals surface area contributed by atoms with E-state index in [9.17, 15) is 9.59 Å².